The smallest absolute Gasteiger partial charge is 0.324 e. The van der Waals surface area contributed by atoms with Gasteiger partial charge in [0.2, 0.25) is 0 Å². The van der Waals surface area contributed by atoms with Gasteiger partial charge in [0.1, 0.15) is 5.82 Å². The van der Waals surface area contributed by atoms with E-state index in [-0.39, 0.29) is 5.56 Å². The van der Waals surface area contributed by atoms with Crippen LogP contribution in [-0.4, -0.2) is 37.1 Å². The van der Waals surface area contributed by atoms with Gasteiger partial charge in [-0.1, -0.05) is 13.8 Å². The number of aryl methyl sites for hydroxylation is 2. The van der Waals surface area contributed by atoms with Crippen molar-refractivity contribution in [2.75, 3.05) is 13.1 Å². The molecule has 0 spiro atoms. The molecule has 2 aromatic rings. The Labute approximate surface area is 110 Å². The molecule has 1 N–H and O–H groups in total. The molecule has 0 radical (unpaired) electrons. The summed E-state index contributed by atoms with van der Waals surface area (Å²) in [5.74, 6) is 0.783. The number of nitrogens with one attached hydrogen (secondary N) is 1. The van der Waals surface area contributed by atoms with Gasteiger partial charge >= 0.3 is 5.69 Å². The Bertz CT molecular complexity index is 705. The van der Waals surface area contributed by atoms with Crippen molar-refractivity contribution in [2.45, 2.75) is 20.4 Å². The summed E-state index contributed by atoms with van der Waals surface area (Å²) in [6, 6.07) is 0. The van der Waals surface area contributed by atoms with E-state index in [9.17, 15) is 9.59 Å². The molecule has 0 amide bonds. The van der Waals surface area contributed by atoms with Crippen molar-refractivity contribution < 1.29 is 0 Å². The van der Waals surface area contributed by atoms with Crippen LogP contribution in [0.2, 0.25) is 0 Å². The molecule has 0 saturated heterocycles. The average molecular weight is 265 g/mol. The summed E-state index contributed by atoms with van der Waals surface area (Å²) < 4.78 is 3.12. The Morgan fingerprint density at radius 2 is 1.79 bits per heavy atom. The summed E-state index contributed by atoms with van der Waals surface area (Å²) in [6.07, 6.45) is 0. The summed E-state index contributed by atoms with van der Waals surface area (Å²) in [5, 5.41) is 0. The minimum Gasteiger partial charge on any atom is -0.324 e. The molecule has 0 atom stereocenters. The number of H-pyrrole nitrogens is 1. The lowest BCUT2D eigenvalue weighted by Gasteiger charge is -2.17. The lowest BCUT2D eigenvalue weighted by atomic mass is 10.4. The summed E-state index contributed by atoms with van der Waals surface area (Å²) in [7, 11) is 3.41. The number of hydrogen-bond donors (Lipinski definition) is 1. The topological polar surface area (TPSA) is 75.9 Å². The Balaban J connectivity index is 2.63. The molecular weight excluding hydrogens is 246 g/mol. The molecule has 0 aliphatic rings. The summed E-state index contributed by atoms with van der Waals surface area (Å²) in [6.45, 7) is 6.64. The number of aromatic nitrogens is 4. The molecule has 104 valence electrons. The van der Waals surface area contributed by atoms with Crippen LogP contribution in [0, 0.1) is 0 Å². The van der Waals surface area contributed by atoms with E-state index in [0.29, 0.717) is 17.7 Å². The van der Waals surface area contributed by atoms with Crippen molar-refractivity contribution in [3.8, 4) is 0 Å². The van der Waals surface area contributed by atoms with Crippen LogP contribution in [0.3, 0.4) is 0 Å². The van der Waals surface area contributed by atoms with E-state index in [1.54, 1.807) is 18.7 Å². The monoisotopic (exact) mass is 265 g/mol. The molecule has 0 unspecified atom stereocenters. The molecule has 19 heavy (non-hydrogen) atoms. The molecule has 7 heteroatoms. The number of hydrogen-bond acceptors (Lipinski definition) is 4. The minimum absolute atomic E-state index is 0.390. The van der Waals surface area contributed by atoms with Gasteiger partial charge in [0.15, 0.2) is 11.2 Å². The number of fused-ring (bicyclic) bond motifs is 1. The van der Waals surface area contributed by atoms with Gasteiger partial charge in [-0.25, -0.2) is 9.78 Å². The highest BCUT2D eigenvalue weighted by molar-refractivity contribution is 5.70. The Morgan fingerprint density at radius 3 is 2.37 bits per heavy atom. The van der Waals surface area contributed by atoms with E-state index in [1.807, 2.05) is 0 Å². The quantitative estimate of drug-likeness (QED) is 0.831. The van der Waals surface area contributed by atoms with Gasteiger partial charge < -0.3 is 4.57 Å². The number of aromatic amines is 1. The Hall–Kier alpha value is -1.89. The van der Waals surface area contributed by atoms with Crippen LogP contribution in [0.4, 0.5) is 0 Å². The molecule has 0 aromatic carbocycles. The molecule has 0 saturated carbocycles. The van der Waals surface area contributed by atoms with E-state index in [1.165, 1.54) is 4.57 Å². The van der Waals surface area contributed by atoms with E-state index < -0.39 is 5.69 Å². The van der Waals surface area contributed by atoms with Gasteiger partial charge in [0, 0.05) is 14.1 Å². The zero-order valence-electron chi connectivity index (χ0n) is 11.7. The zero-order chi connectivity index (χ0) is 14.2. The van der Waals surface area contributed by atoms with Gasteiger partial charge in [-0.2, -0.15) is 0 Å². The van der Waals surface area contributed by atoms with Gasteiger partial charge in [-0.3, -0.25) is 19.2 Å². The Morgan fingerprint density at radius 1 is 1.16 bits per heavy atom. The average Bonchev–Trinajstić information content (AvgIpc) is 2.71. The molecule has 2 aromatic heterocycles. The lowest BCUT2D eigenvalue weighted by molar-refractivity contribution is 0.285. The molecule has 0 fully saturated rings. The number of imidazole rings is 1. The van der Waals surface area contributed by atoms with Crippen molar-refractivity contribution in [3.05, 3.63) is 26.7 Å². The molecule has 7 nitrogen and oxygen atoms in total. The fourth-order valence-electron chi connectivity index (χ4n) is 2.14. The molecule has 2 heterocycles. The SMILES string of the molecule is CCN(CC)Cc1nc2c(c(=O)[nH]c(=O)n2C)n1C. The first-order chi connectivity index (χ1) is 8.99. The maximum Gasteiger partial charge on any atom is 0.329 e. The summed E-state index contributed by atoms with van der Waals surface area (Å²) in [4.78, 5) is 32.4. The van der Waals surface area contributed by atoms with Crippen molar-refractivity contribution >= 4 is 11.2 Å². The van der Waals surface area contributed by atoms with Crippen LogP contribution in [0.25, 0.3) is 11.2 Å². The van der Waals surface area contributed by atoms with Crippen molar-refractivity contribution in [3.63, 3.8) is 0 Å². The normalized spacial score (nSPS) is 11.6. The second-order valence-electron chi connectivity index (χ2n) is 4.54. The summed E-state index contributed by atoms with van der Waals surface area (Å²) in [5.41, 5.74) is 0.0338. The summed E-state index contributed by atoms with van der Waals surface area (Å²) >= 11 is 0. The maximum absolute atomic E-state index is 11.9. The predicted octanol–water partition coefficient (Wildman–Crippen LogP) is -0.198. The van der Waals surface area contributed by atoms with Crippen LogP contribution in [0.1, 0.15) is 19.7 Å². The van der Waals surface area contributed by atoms with E-state index in [4.69, 9.17) is 0 Å². The van der Waals surface area contributed by atoms with Crippen molar-refractivity contribution in [1.82, 2.24) is 24.0 Å². The zero-order valence-corrected chi connectivity index (χ0v) is 11.7. The third-order valence-corrected chi connectivity index (χ3v) is 3.49. The van der Waals surface area contributed by atoms with Crippen LogP contribution in [0.5, 0.6) is 0 Å². The second kappa shape index (κ2) is 5.00. The number of nitrogens with zero attached hydrogens (tertiary/aromatic N) is 4. The third kappa shape index (κ3) is 2.21. The van der Waals surface area contributed by atoms with Crippen LogP contribution in [-0.2, 0) is 20.6 Å². The highest BCUT2D eigenvalue weighted by atomic mass is 16.2. The standard InChI is InChI=1S/C12H19N5O2/c1-5-17(6-2)7-8-13-10-9(15(8)3)11(18)14-12(19)16(10)4/h5-7H2,1-4H3,(H,14,18,19). The first kappa shape index (κ1) is 13.5. The van der Waals surface area contributed by atoms with Crippen LogP contribution < -0.4 is 11.2 Å². The van der Waals surface area contributed by atoms with Gasteiger partial charge in [0.05, 0.1) is 6.54 Å². The van der Waals surface area contributed by atoms with Crippen LogP contribution in [0.15, 0.2) is 9.59 Å². The first-order valence-electron chi connectivity index (χ1n) is 6.36. The maximum atomic E-state index is 11.9. The fraction of sp³-hybridized carbons (Fsp3) is 0.583. The largest absolute Gasteiger partial charge is 0.329 e. The van der Waals surface area contributed by atoms with Crippen LogP contribution >= 0.6 is 0 Å². The molecule has 0 bridgehead atoms. The van der Waals surface area contributed by atoms with Gasteiger partial charge in [-0.05, 0) is 13.1 Å². The highest BCUT2D eigenvalue weighted by Gasteiger charge is 2.15. The van der Waals surface area contributed by atoms with E-state index in [0.717, 1.165) is 18.9 Å². The minimum atomic E-state index is -0.440. The Kier molecular flexibility index (Phi) is 3.57. The van der Waals surface area contributed by atoms with E-state index in [2.05, 4.69) is 28.7 Å². The van der Waals surface area contributed by atoms with Crippen molar-refractivity contribution in [2.24, 2.45) is 14.1 Å². The fourth-order valence-corrected chi connectivity index (χ4v) is 2.14. The van der Waals surface area contributed by atoms with Crippen molar-refractivity contribution in [1.29, 1.82) is 0 Å². The predicted molar refractivity (Wildman–Crippen MR) is 73.2 cm³/mol. The number of rotatable bonds is 4. The first-order valence-corrected chi connectivity index (χ1v) is 6.36. The molecular formula is C12H19N5O2. The molecule has 2 rings (SSSR count). The van der Waals surface area contributed by atoms with E-state index >= 15 is 0 Å². The molecule has 0 aliphatic carbocycles. The third-order valence-electron chi connectivity index (χ3n) is 3.49. The second-order valence-corrected chi connectivity index (χ2v) is 4.54. The lowest BCUT2D eigenvalue weighted by Crippen LogP contribution is -2.29. The highest BCUT2D eigenvalue weighted by Crippen LogP contribution is 2.10. The van der Waals surface area contributed by atoms with Gasteiger partial charge in [0.25, 0.3) is 5.56 Å². The van der Waals surface area contributed by atoms with Gasteiger partial charge in [-0.15, -0.1) is 0 Å². The molecule has 0 aliphatic heterocycles.